The Labute approximate surface area is 86.7 Å². The predicted octanol–water partition coefficient (Wildman–Crippen LogP) is 2.79. The highest BCUT2D eigenvalue weighted by Crippen LogP contribution is 2.13. The second-order valence-corrected chi connectivity index (χ2v) is 3.20. The van der Waals surface area contributed by atoms with Gasteiger partial charge in [0.05, 0.1) is 17.8 Å². The standard InChI is InChI=1S/C10H10ClNO2/c11-6-9-10(14-7-12-9)4-3-8-2-1-5-13-8/h1-2,5,7H,3-4,6H2. The SMILES string of the molecule is ClCc1ncoc1CCc1ccco1. The maximum atomic E-state index is 5.69. The lowest BCUT2D eigenvalue weighted by atomic mass is 10.2. The molecule has 0 aromatic carbocycles. The van der Waals surface area contributed by atoms with Crippen molar-refractivity contribution in [3.8, 4) is 0 Å². The Kier molecular flexibility index (Phi) is 2.89. The van der Waals surface area contributed by atoms with Gasteiger partial charge in [0, 0.05) is 12.8 Å². The van der Waals surface area contributed by atoms with Crippen LogP contribution in [0.4, 0.5) is 0 Å². The first-order valence-corrected chi connectivity index (χ1v) is 4.93. The van der Waals surface area contributed by atoms with E-state index in [1.165, 1.54) is 6.39 Å². The van der Waals surface area contributed by atoms with Crippen molar-refractivity contribution < 1.29 is 8.83 Å². The van der Waals surface area contributed by atoms with Crippen LogP contribution in [0.5, 0.6) is 0 Å². The number of nitrogens with zero attached hydrogens (tertiary/aromatic N) is 1. The first kappa shape index (κ1) is 9.34. The molecule has 14 heavy (non-hydrogen) atoms. The van der Waals surface area contributed by atoms with E-state index in [4.69, 9.17) is 20.4 Å². The van der Waals surface area contributed by atoms with Crippen molar-refractivity contribution in [2.24, 2.45) is 0 Å². The summed E-state index contributed by atoms with van der Waals surface area (Å²) in [5, 5.41) is 0. The molecule has 0 fully saturated rings. The van der Waals surface area contributed by atoms with Crippen LogP contribution in [0.3, 0.4) is 0 Å². The van der Waals surface area contributed by atoms with Gasteiger partial charge in [-0.15, -0.1) is 11.6 Å². The highest BCUT2D eigenvalue weighted by Gasteiger charge is 2.07. The van der Waals surface area contributed by atoms with E-state index in [0.29, 0.717) is 5.88 Å². The number of halogens is 1. The van der Waals surface area contributed by atoms with Gasteiger partial charge >= 0.3 is 0 Å². The van der Waals surface area contributed by atoms with E-state index in [2.05, 4.69) is 4.98 Å². The summed E-state index contributed by atoms with van der Waals surface area (Å²) in [6.45, 7) is 0. The molecule has 0 spiro atoms. The van der Waals surface area contributed by atoms with Crippen molar-refractivity contribution in [3.05, 3.63) is 42.0 Å². The highest BCUT2D eigenvalue weighted by molar-refractivity contribution is 6.16. The molecule has 0 amide bonds. The van der Waals surface area contributed by atoms with Gasteiger partial charge < -0.3 is 8.83 Å². The van der Waals surface area contributed by atoms with Crippen molar-refractivity contribution in [1.82, 2.24) is 4.98 Å². The van der Waals surface area contributed by atoms with Gasteiger partial charge in [0.1, 0.15) is 11.5 Å². The Morgan fingerprint density at radius 3 is 2.93 bits per heavy atom. The van der Waals surface area contributed by atoms with E-state index < -0.39 is 0 Å². The number of oxazole rings is 1. The molecule has 0 aliphatic rings. The summed E-state index contributed by atoms with van der Waals surface area (Å²) in [4.78, 5) is 4.01. The topological polar surface area (TPSA) is 39.2 Å². The molecular weight excluding hydrogens is 202 g/mol. The average Bonchev–Trinajstić information content (AvgIpc) is 2.85. The molecule has 0 N–H and O–H groups in total. The fourth-order valence-electron chi connectivity index (χ4n) is 1.30. The number of aryl methyl sites for hydroxylation is 2. The van der Waals surface area contributed by atoms with Gasteiger partial charge in [-0.05, 0) is 12.1 Å². The van der Waals surface area contributed by atoms with E-state index >= 15 is 0 Å². The molecule has 0 bridgehead atoms. The third-order valence-corrected chi connectivity index (χ3v) is 2.28. The largest absolute Gasteiger partial charge is 0.469 e. The fourth-order valence-corrected chi connectivity index (χ4v) is 1.52. The zero-order chi connectivity index (χ0) is 9.80. The van der Waals surface area contributed by atoms with Crippen molar-refractivity contribution in [2.45, 2.75) is 18.7 Å². The predicted molar refractivity (Wildman–Crippen MR) is 52.2 cm³/mol. The summed E-state index contributed by atoms with van der Waals surface area (Å²) >= 11 is 5.69. The molecule has 2 aromatic rings. The fraction of sp³-hybridized carbons (Fsp3) is 0.300. The van der Waals surface area contributed by atoms with Crippen LogP contribution in [0, 0.1) is 0 Å². The second kappa shape index (κ2) is 4.33. The summed E-state index contributed by atoms with van der Waals surface area (Å²) in [6.07, 6.45) is 4.68. The van der Waals surface area contributed by atoms with Crippen LogP contribution < -0.4 is 0 Å². The smallest absolute Gasteiger partial charge is 0.181 e. The Balaban J connectivity index is 1.98. The Bertz CT molecular complexity index is 380. The van der Waals surface area contributed by atoms with Crippen LogP contribution >= 0.6 is 11.6 Å². The molecule has 0 radical (unpaired) electrons. The lowest BCUT2D eigenvalue weighted by Gasteiger charge is -1.95. The minimum atomic E-state index is 0.393. The molecule has 0 atom stereocenters. The van der Waals surface area contributed by atoms with E-state index in [0.717, 1.165) is 30.1 Å². The van der Waals surface area contributed by atoms with Crippen LogP contribution in [-0.4, -0.2) is 4.98 Å². The van der Waals surface area contributed by atoms with Crippen LogP contribution in [0.2, 0.25) is 0 Å². The molecule has 0 saturated carbocycles. The summed E-state index contributed by atoms with van der Waals surface area (Å²) in [5.41, 5.74) is 0.818. The second-order valence-electron chi connectivity index (χ2n) is 2.94. The molecule has 4 heteroatoms. The summed E-state index contributed by atoms with van der Waals surface area (Å²) in [7, 11) is 0. The first-order valence-electron chi connectivity index (χ1n) is 4.39. The van der Waals surface area contributed by atoms with Gasteiger partial charge in [0.25, 0.3) is 0 Å². The van der Waals surface area contributed by atoms with Gasteiger partial charge in [-0.1, -0.05) is 0 Å². The number of furan rings is 1. The van der Waals surface area contributed by atoms with Crippen LogP contribution in [0.25, 0.3) is 0 Å². The number of hydrogen-bond acceptors (Lipinski definition) is 3. The number of hydrogen-bond donors (Lipinski definition) is 0. The lowest BCUT2D eigenvalue weighted by Crippen LogP contribution is -1.92. The minimum Gasteiger partial charge on any atom is -0.469 e. The number of alkyl halides is 1. The number of aromatic nitrogens is 1. The van der Waals surface area contributed by atoms with Crippen molar-refractivity contribution >= 4 is 11.6 Å². The van der Waals surface area contributed by atoms with E-state index in [-0.39, 0.29) is 0 Å². The summed E-state index contributed by atoms with van der Waals surface area (Å²) < 4.78 is 10.4. The molecule has 2 rings (SSSR count). The lowest BCUT2D eigenvalue weighted by molar-refractivity contribution is 0.471. The minimum absolute atomic E-state index is 0.393. The van der Waals surface area contributed by atoms with Crippen LogP contribution in [-0.2, 0) is 18.7 Å². The summed E-state index contributed by atoms with van der Waals surface area (Å²) in [6, 6.07) is 3.81. The molecule has 2 aromatic heterocycles. The molecule has 0 aliphatic carbocycles. The van der Waals surface area contributed by atoms with E-state index in [1.807, 2.05) is 12.1 Å². The third-order valence-electron chi connectivity index (χ3n) is 2.03. The zero-order valence-electron chi connectivity index (χ0n) is 7.57. The molecule has 3 nitrogen and oxygen atoms in total. The molecular formula is C10H10ClNO2. The van der Waals surface area contributed by atoms with Crippen LogP contribution in [0.15, 0.2) is 33.6 Å². The molecule has 0 unspecified atom stereocenters. The van der Waals surface area contributed by atoms with Gasteiger partial charge in [-0.2, -0.15) is 0 Å². The average molecular weight is 212 g/mol. The van der Waals surface area contributed by atoms with Crippen molar-refractivity contribution in [2.75, 3.05) is 0 Å². The molecule has 74 valence electrons. The van der Waals surface area contributed by atoms with Gasteiger partial charge in [-0.25, -0.2) is 4.98 Å². The van der Waals surface area contributed by atoms with Crippen molar-refractivity contribution in [3.63, 3.8) is 0 Å². The normalized spacial score (nSPS) is 10.6. The Hall–Kier alpha value is -1.22. The zero-order valence-corrected chi connectivity index (χ0v) is 8.33. The molecule has 0 aliphatic heterocycles. The van der Waals surface area contributed by atoms with Crippen LogP contribution in [0.1, 0.15) is 17.2 Å². The number of rotatable bonds is 4. The maximum Gasteiger partial charge on any atom is 0.181 e. The van der Waals surface area contributed by atoms with Gasteiger partial charge in [0.15, 0.2) is 6.39 Å². The van der Waals surface area contributed by atoms with E-state index in [1.54, 1.807) is 6.26 Å². The maximum absolute atomic E-state index is 5.69. The quantitative estimate of drug-likeness (QED) is 0.730. The van der Waals surface area contributed by atoms with Gasteiger partial charge in [-0.3, -0.25) is 0 Å². The first-order chi connectivity index (χ1) is 6.90. The monoisotopic (exact) mass is 211 g/mol. The molecule has 0 saturated heterocycles. The third kappa shape index (κ3) is 1.99. The van der Waals surface area contributed by atoms with Crippen molar-refractivity contribution in [1.29, 1.82) is 0 Å². The van der Waals surface area contributed by atoms with Gasteiger partial charge in [0.2, 0.25) is 0 Å². The Morgan fingerprint density at radius 2 is 2.21 bits per heavy atom. The molecule has 2 heterocycles. The Morgan fingerprint density at radius 1 is 1.29 bits per heavy atom. The summed E-state index contributed by atoms with van der Waals surface area (Å²) in [5.74, 6) is 2.18. The van der Waals surface area contributed by atoms with E-state index in [9.17, 15) is 0 Å². The highest BCUT2D eigenvalue weighted by atomic mass is 35.5.